The number of carbonyl (C=O) groups excluding carboxylic acids is 1. The van der Waals surface area contributed by atoms with Gasteiger partial charge in [0.2, 0.25) is 0 Å². The summed E-state index contributed by atoms with van der Waals surface area (Å²) in [5.74, 6) is -0.303. The summed E-state index contributed by atoms with van der Waals surface area (Å²) >= 11 is 5.57. The van der Waals surface area contributed by atoms with Crippen LogP contribution in [-0.4, -0.2) is 25.5 Å². The van der Waals surface area contributed by atoms with Crippen LogP contribution in [0, 0.1) is 11.7 Å². The van der Waals surface area contributed by atoms with Crippen LogP contribution >= 0.6 is 11.6 Å². The predicted molar refractivity (Wildman–Crippen MR) is 69.3 cm³/mol. The summed E-state index contributed by atoms with van der Waals surface area (Å²) in [5.41, 5.74) is 0.311. The van der Waals surface area contributed by atoms with E-state index in [1.54, 1.807) is 0 Å². The molecule has 0 radical (unpaired) electrons. The van der Waals surface area contributed by atoms with Crippen LogP contribution in [0.15, 0.2) is 18.2 Å². The summed E-state index contributed by atoms with van der Waals surface area (Å²) in [6, 6.07) is 4.10. The molecule has 0 spiro atoms. The van der Waals surface area contributed by atoms with Crippen molar-refractivity contribution in [3.63, 3.8) is 0 Å². The number of carbonyl (C=O) groups is 1. The van der Waals surface area contributed by atoms with Crippen molar-refractivity contribution in [2.24, 2.45) is 5.92 Å². The van der Waals surface area contributed by atoms with Crippen molar-refractivity contribution in [2.45, 2.75) is 12.8 Å². The van der Waals surface area contributed by atoms with Crippen molar-refractivity contribution >= 4 is 17.5 Å². The lowest BCUT2D eigenvalue weighted by molar-refractivity contribution is 0.0944. The van der Waals surface area contributed by atoms with Gasteiger partial charge in [-0.25, -0.2) is 4.39 Å². The number of hydrogen-bond acceptors (Lipinski definition) is 2. The van der Waals surface area contributed by atoms with Crippen molar-refractivity contribution in [3.8, 4) is 0 Å². The number of benzene rings is 1. The first kappa shape index (κ1) is 13.3. The van der Waals surface area contributed by atoms with Gasteiger partial charge in [-0.3, -0.25) is 4.79 Å². The molecule has 2 N–H and O–H groups in total. The summed E-state index contributed by atoms with van der Waals surface area (Å²) in [6.07, 6.45) is 2.13. The van der Waals surface area contributed by atoms with E-state index in [9.17, 15) is 9.18 Å². The zero-order valence-electron chi connectivity index (χ0n) is 10.0. The lowest BCUT2D eigenvalue weighted by Gasteiger charge is -2.22. The van der Waals surface area contributed by atoms with Gasteiger partial charge in [0.25, 0.3) is 5.91 Å². The molecular formula is C13H16ClFN2O. The van der Waals surface area contributed by atoms with Crippen LogP contribution in [-0.2, 0) is 0 Å². The maximum atomic E-state index is 13.2. The first-order valence-electron chi connectivity index (χ1n) is 6.11. The molecule has 1 heterocycles. The van der Waals surface area contributed by atoms with Gasteiger partial charge in [-0.2, -0.15) is 0 Å². The molecule has 1 saturated heterocycles. The van der Waals surface area contributed by atoms with Gasteiger partial charge in [-0.1, -0.05) is 11.6 Å². The molecule has 0 saturated carbocycles. The van der Waals surface area contributed by atoms with Gasteiger partial charge in [0.05, 0.1) is 5.02 Å². The van der Waals surface area contributed by atoms with Gasteiger partial charge in [0.15, 0.2) is 0 Å². The Kier molecular flexibility index (Phi) is 4.55. The monoisotopic (exact) mass is 270 g/mol. The fraction of sp³-hybridized carbons (Fsp3) is 0.462. The Morgan fingerprint density at radius 1 is 1.44 bits per heavy atom. The fourth-order valence-electron chi connectivity index (χ4n) is 2.06. The Balaban J connectivity index is 1.88. The molecule has 0 aliphatic carbocycles. The zero-order valence-corrected chi connectivity index (χ0v) is 10.8. The van der Waals surface area contributed by atoms with E-state index in [4.69, 9.17) is 11.6 Å². The summed E-state index contributed by atoms with van der Waals surface area (Å²) < 4.78 is 13.2. The maximum absolute atomic E-state index is 13.2. The molecule has 0 atom stereocenters. The van der Waals surface area contributed by atoms with Gasteiger partial charge in [-0.15, -0.1) is 0 Å². The van der Waals surface area contributed by atoms with Gasteiger partial charge in [0, 0.05) is 12.1 Å². The smallest absolute Gasteiger partial charge is 0.251 e. The number of rotatable bonds is 3. The van der Waals surface area contributed by atoms with E-state index in [2.05, 4.69) is 10.6 Å². The average Bonchev–Trinajstić information content (AvgIpc) is 2.40. The predicted octanol–water partition coefficient (Wildman–Crippen LogP) is 2.21. The van der Waals surface area contributed by atoms with Crippen LogP contribution < -0.4 is 10.6 Å². The minimum absolute atomic E-state index is 0.0323. The highest BCUT2D eigenvalue weighted by Crippen LogP contribution is 2.16. The minimum Gasteiger partial charge on any atom is -0.352 e. The molecule has 1 amide bonds. The molecule has 0 bridgehead atoms. The minimum atomic E-state index is -0.564. The zero-order chi connectivity index (χ0) is 13.0. The van der Waals surface area contributed by atoms with Gasteiger partial charge < -0.3 is 10.6 Å². The quantitative estimate of drug-likeness (QED) is 0.884. The van der Waals surface area contributed by atoms with Gasteiger partial charge >= 0.3 is 0 Å². The molecule has 0 unspecified atom stereocenters. The number of nitrogens with one attached hydrogen (secondary N) is 2. The fourth-order valence-corrected chi connectivity index (χ4v) is 2.18. The highest BCUT2D eigenvalue weighted by atomic mass is 35.5. The number of piperidine rings is 1. The van der Waals surface area contributed by atoms with E-state index in [0.29, 0.717) is 18.0 Å². The third-order valence-corrected chi connectivity index (χ3v) is 3.50. The Morgan fingerprint density at radius 3 is 2.83 bits per heavy atom. The summed E-state index contributed by atoms with van der Waals surface area (Å²) in [7, 11) is 0. The van der Waals surface area contributed by atoms with Crippen LogP contribution in [0.4, 0.5) is 4.39 Å². The van der Waals surface area contributed by atoms with Crippen LogP contribution in [0.2, 0.25) is 5.02 Å². The molecule has 5 heteroatoms. The number of halogens is 2. The molecule has 98 valence electrons. The van der Waals surface area contributed by atoms with E-state index >= 15 is 0 Å². The van der Waals surface area contributed by atoms with Crippen molar-refractivity contribution in [2.75, 3.05) is 19.6 Å². The Labute approximate surface area is 111 Å². The van der Waals surface area contributed by atoms with Crippen molar-refractivity contribution in [3.05, 3.63) is 34.6 Å². The lowest BCUT2D eigenvalue weighted by Crippen LogP contribution is -2.36. The van der Waals surface area contributed by atoms with Crippen LogP contribution in [0.3, 0.4) is 0 Å². The van der Waals surface area contributed by atoms with Gasteiger partial charge in [0.1, 0.15) is 5.82 Å². The van der Waals surface area contributed by atoms with E-state index in [1.165, 1.54) is 18.2 Å². The highest BCUT2D eigenvalue weighted by Gasteiger charge is 2.15. The molecule has 2 rings (SSSR count). The topological polar surface area (TPSA) is 41.1 Å². The average molecular weight is 271 g/mol. The molecule has 18 heavy (non-hydrogen) atoms. The number of amides is 1. The normalized spacial score (nSPS) is 16.6. The summed E-state index contributed by atoms with van der Waals surface area (Å²) in [4.78, 5) is 11.8. The second-order valence-electron chi connectivity index (χ2n) is 4.53. The molecule has 1 aromatic rings. The Morgan fingerprint density at radius 2 is 2.17 bits per heavy atom. The SMILES string of the molecule is O=C(NCC1CCNCC1)c1ccc(Cl)c(F)c1. The molecule has 1 aliphatic rings. The van der Waals surface area contributed by atoms with Crippen molar-refractivity contribution in [1.29, 1.82) is 0 Å². The third-order valence-electron chi connectivity index (χ3n) is 3.19. The Hall–Kier alpha value is -1.13. The highest BCUT2D eigenvalue weighted by molar-refractivity contribution is 6.30. The molecule has 0 aromatic heterocycles. The van der Waals surface area contributed by atoms with E-state index in [-0.39, 0.29) is 10.9 Å². The summed E-state index contributed by atoms with van der Waals surface area (Å²) in [6.45, 7) is 2.64. The maximum Gasteiger partial charge on any atom is 0.251 e. The lowest BCUT2D eigenvalue weighted by atomic mass is 9.98. The van der Waals surface area contributed by atoms with Crippen LogP contribution in [0.5, 0.6) is 0 Å². The largest absolute Gasteiger partial charge is 0.352 e. The third kappa shape index (κ3) is 3.43. The van der Waals surface area contributed by atoms with Crippen molar-refractivity contribution < 1.29 is 9.18 Å². The van der Waals surface area contributed by atoms with Crippen molar-refractivity contribution in [1.82, 2.24) is 10.6 Å². The Bertz CT molecular complexity index is 433. The van der Waals surface area contributed by atoms with Crippen LogP contribution in [0.25, 0.3) is 0 Å². The van der Waals surface area contributed by atoms with E-state index in [0.717, 1.165) is 25.9 Å². The van der Waals surface area contributed by atoms with Gasteiger partial charge in [-0.05, 0) is 50.0 Å². The van der Waals surface area contributed by atoms with Crippen LogP contribution in [0.1, 0.15) is 23.2 Å². The van der Waals surface area contributed by atoms with E-state index < -0.39 is 5.82 Å². The first-order valence-corrected chi connectivity index (χ1v) is 6.48. The second-order valence-corrected chi connectivity index (χ2v) is 4.94. The standard InChI is InChI=1S/C13H16ClFN2O/c14-11-2-1-10(7-12(11)15)13(18)17-8-9-3-5-16-6-4-9/h1-2,7,9,16H,3-6,8H2,(H,17,18). The molecule has 3 nitrogen and oxygen atoms in total. The molecule has 1 aliphatic heterocycles. The first-order chi connectivity index (χ1) is 8.66. The summed E-state index contributed by atoms with van der Waals surface area (Å²) in [5, 5.41) is 6.14. The molecule has 1 aromatic carbocycles. The molecule has 1 fully saturated rings. The number of hydrogen-bond donors (Lipinski definition) is 2. The second kappa shape index (κ2) is 6.16. The molecular weight excluding hydrogens is 255 g/mol. The van der Waals surface area contributed by atoms with E-state index in [1.807, 2.05) is 0 Å².